The third-order valence-corrected chi connectivity index (χ3v) is 3.30. The molecule has 3 rings (SSSR count). The molecule has 1 N–H and O–H groups in total. The van der Waals surface area contributed by atoms with Gasteiger partial charge in [0.25, 0.3) is 11.8 Å². The normalized spacial score (nSPS) is 15.7. The highest BCUT2D eigenvalue weighted by Crippen LogP contribution is 2.31. The van der Waals surface area contributed by atoms with E-state index in [0.717, 1.165) is 27.1 Å². The van der Waals surface area contributed by atoms with Gasteiger partial charge in [-0.3, -0.25) is 14.5 Å². The van der Waals surface area contributed by atoms with Gasteiger partial charge in [-0.2, -0.15) is 0 Å². The van der Waals surface area contributed by atoms with Crippen LogP contribution in [0, 0.1) is 6.92 Å². The number of benzene rings is 1. The number of likely N-dealkylation sites (N-methyl/N-ethyl adjacent to an activating group) is 1. The Morgan fingerprint density at radius 3 is 2.56 bits per heavy atom. The Morgan fingerprint density at radius 1 is 1.17 bits per heavy atom. The number of nitrogens with one attached hydrogen (secondary N) is 1. The number of imide groups is 1. The van der Waals surface area contributed by atoms with Crippen LogP contribution in [0.2, 0.25) is 0 Å². The maximum absolute atomic E-state index is 12.0. The zero-order chi connectivity index (χ0) is 12.9. The highest BCUT2D eigenvalue weighted by molar-refractivity contribution is 6.35. The summed E-state index contributed by atoms with van der Waals surface area (Å²) < 4.78 is 0. The summed E-state index contributed by atoms with van der Waals surface area (Å²) in [5.41, 5.74) is 3.17. The Hall–Kier alpha value is -2.36. The topological polar surface area (TPSA) is 53.2 Å². The largest absolute Gasteiger partial charge is 0.358 e. The van der Waals surface area contributed by atoms with Crippen LogP contribution in [0.25, 0.3) is 16.5 Å². The number of aryl methyl sites for hydroxylation is 1. The number of fused-ring (bicyclic) bond motifs is 1. The summed E-state index contributed by atoms with van der Waals surface area (Å²) in [4.78, 5) is 28.0. The Morgan fingerprint density at radius 2 is 1.89 bits per heavy atom. The summed E-state index contributed by atoms with van der Waals surface area (Å²) in [5.74, 6) is -0.507. The molecule has 2 amide bonds. The van der Waals surface area contributed by atoms with Crippen molar-refractivity contribution >= 4 is 28.3 Å². The molecular weight excluding hydrogens is 228 g/mol. The van der Waals surface area contributed by atoms with E-state index in [1.54, 1.807) is 0 Å². The van der Waals surface area contributed by atoms with Crippen LogP contribution in [0.15, 0.2) is 30.3 Å². The van der Waals surface area contributed by atoms with E-state index in [0.29, 0.717) is 5.57 Å². The van der Waals surface area contributed by atoms with Crippen molar-refractivity contribution in [2.24, 2.45) is 0 Å². The molecule has 1 aromatic heterocycles. The van der Waals surface area contributed by atoms with E-state index < -0.39 is 0 Å². The van der Waals surface area contributed by atoms with Gasteiger partial charge < -0.3 is 4.98 Å². The Bertz CT molecular complexity index is 710. The summed E-state index contributed by atoms with van der Waals surface area (Å²) in [7, 11) is 1.50. The quantitative estimate of drug-likeness (QED) is 0.773. The molecule has 0 radical (unpaired) electrons. The molecule has 0 spiro atoms. The minimum atomic E-state index is -0.264. The molecule has 1 aromatic carbocycles. The monoisotopic (exact) mass is 240 g/mol. The minimum Gasteiger partial charge on any atom is -0.358 e. The Kier molecular flexibility index (Phi) is 2.13. The fraction of sp³-hybridized carbons (Fsp3) is 0.143. The molecule has 2 heterocycles. The number of amides is 2. The van der Waals surface area contributed by atoms with E-state index in [4.69, 9.17) is 0 Å². The van der Waals surface area contributed by atoms with Crippen LogP contribution >= 0.6 is 0 Å². The standard InChI is InChI=1S/C14H12N2O2/c1-8-13(9-5-3-4-6-11(9)15-8)10-7-12(17)16(2)14(10)18/h3-7,15H,1-2H3. The molecule has 1 aliphatic rings. The fourth-order valence-corrected chi connectivity index (χ4v) is 2.37. The van der Waals surface area contributed by atoms with E-state index >= 15 is 0 Å². The second-order valence-corrected chi connectivity index (χ2v) is 4.43. The first-order valence-corrected chi connectivity index (χ1v) is 5.71. The number of aromatic nitrogens is 1. The number of para-hydroxylation sites is 1. The first-order chi connectivity index (χ1) is 8.59. The lowest BCUT2D eigenvalue weighted by Gasteiger charge is -2.07. The van der Waals surface area contributed by atoms with E-state index in [1.807, 2.05) is 31.2 Å². The van der Waals surface area contributed by atoms with Crippen LogP contribution in [0.5, 0.6) is 0 Å². The predicted molar refractivity (Wildman–Crippen MR) is 68.8 cm³/mol. The van der Waals surface area contributed by atoms with Crippen LogP contribution in [-0.2, 0) is 9.59 Å². The predicted octanol–water partition coefficient (Wildman–Crippen LogP) is 1.86. The van der Waals surface area contributed by atoms with Crippen LogP contribution in [0.4, 0.5) is 0 Å². The summed E-state index contributed by atoms with van der Waals surface area (Å²) in [6.07, 6.45) is 1.41. The van der Waals surface area contributed by atoms with Gasteiger partial charge in [0, 0.05) is 35.3 Å². The maximum Gasteiger partial charge on any atom is 0.261 e. The highest BCUT2D eigenvalue weighted by atomic mass is 16.2. The van der Waals surface area contributed by atoms with Crippen molar-refractivity contribution in [3.63, 3.8) is 0 Å². The van der Waals surface area contributed by atoms with Crippen molar-refractivity contribution < 1.29 is 9.59 Å². The number of carbonyl (C=O) groups is 2. The average molecular weight is 240 g/mol. The van der Waals surface area contributed by atoms with Gasteiger partial charge in [0.1, 0.15) is 0 Å². The SMILES string of the molecule is Cc1[nH]c2ccccc2c1C1=CC(=O)N(C)C1=O. The van der Waals surface area contributed by atoms with Gasteiger partial charge in [-0.25, -0.2) is 0 Å². The molecule has 0 saturated carbocycles. The van der Waals surface area contributed by atoms with Gasteiger partial charge >= 0.3 is 0 Å². The van der Waals surface area contributed by atoms with Crippen LogP contribution in [0.1, 0.15) is 11.3 Å². The first-order valence-electron chi connectivity index (χ1n) is 5.71. The van der Waals surface area contributed by atoms with Crippen molar-refractivity contribution in [2.75, 3.05) is 7.05 Å². The molecule has 4 heteroatoms. The van der Waals surface area contributed by atoms with E-state index in [-0.39, 0.29) is 11.8 Å². The third kappa shape index (κ3) is 1.32. The summed E-state index contributed by atoms with van der Waals surface area (Å²) in [6, 6.07) is 7.76. The molecule has 4 nitrogen and oxygen atoms in total. The zero-order valence-electron chi connectivity index (χ0n) is 10.2. The smallest absolute Gasteiger partial charge is 0.261 e. The molecule has 1 aliphatic heterocycles. The summed E-state index contributed by atoms with van der Waals surface area (Å²) in [6.45, 7) is 1.91. The molecule has 18 heavy (non-hydrogen) atoms. The van der Waals surface area contributed by atoms with Gasteiger partial charge in [0.2, 0.25) is 0 Å². The second kappa shape index (κ2) is 3.57. The molecule has 0 saturated heterocycles. The van der Waals surface area contributed by atoms with E-state index in [2.05, 4.69) is 4.98 Å². The molecule has 0 fully saturated rings. The van der Waals surface area contributed by atoms with Crippen molar-refractivity contribution in [3.8, 4) is 0 Å². The Labute approximate surface area is 104 Å². The number of hydrogen-bond acceptors (Lipinski definition) is 2. The third-order valence-electron chi connectivity index (χ3n) is 3.30. The first kappa shape index (κ1) is 10.8. The lowest BCUT2D eigenvalue weighted by atomic mass is 10.0. The van der Waals surface area contributed by atoms with Crippen molar-refractivity contribution in [2.45, 2.75) is 6.92 Å². The van der Waals surface area contributed by atoms with Crippen LogP contribution in [-0.4, -0.2) is 28.7 Å². The number of H-pyrrole nitrogens is 1. The minimum absolute atomic E-state index is 0.243. The maximum atomic E-state index is 12.0. The summed E-state index contributed by atoms with van der Waals surface area (Å²) in [5, 5.41) is 0.970. The van der Waals surface area contributed by atoms with E-state index in [9.17, 15) is 9.59 Å². The van der Waals surface area contributed by atoms with Gasteiger partial charge in [0.15, 0.2) is 0 Å². The van der Waals surface area contributed by atoms with E-state index in [1.165, 1.54) is 13.1 Å². The van der Waals surface area contributed by atoms with Gasteiger partial charge in [-0.15, -0.1) is 0 Å². The van der Waals surface area contributed by atoms with Crippen molar-refractivity contribution in [3.05, 3.63) is 41.6 Å². The summed E-state index contributed by atoms with van der Waals surface area (Å²) >= 11 is 0. The Balaban J connectivity index is 2.28. The number of hydrogen-bond donors (Lipinski definition) is 1. The molecule has 0 unspecified atom stereocenters. The second-order valence-electron chi connectivity index (χ2n) is 4.43. The van der Waals surface area contributed by atoms with Crippen LogP contribution in [0.3, 0.4) is 0 Å². The molecule has 90 valence electrons. The molecule has 0 atom stereocenters. The van der Waals surface area contributed by atoms with Gasteiger partial charge in [-0.1, -0.05) is 18.2 Å². The zero-order valence-corrected chi connectivity index (χ0v) is 10.2. The molecule has 0 bridgehead atoms. The molecule has 2 aromatic rings. The highest BCUT2D eigenvalue weighted by Gasteiger charge is 2.30. The number of aromatic amines is 1. The van der Waals surface area contributed by atoms with Gasteiger partial charge in [-0.05, 0) is 13.0 Å². The lowest BCUT2D eigenvalue weighted by Crippen LogP contribution is -2.25. The fourth-order valence-electron chi connectivity index (χ4n) is 2.37. The lowest BCUT2D eigenvalue weighted by molar-refractivity contribution is -0.134. The number of rotatable bonds is 1. The number of carbonyl (C=O) groups excluding carboxylic acids is 2. The van der Waals surface area contributed by atoms with Crippen LogP contribution < -0.4 is 0 Å². The van der Waals surface area contributed by atoms with Crippen molar-refractivity contribution in [1.29, 1.82) is 0 Å². The average Bonchev–Trinajstić information content (AvgIpc) is 2.80. The van der Waals surface area contributed by atoms with Gasteiger partial charge in [0.05, 0.1) is 5.57 Å². The molecule has 0 aliphatic carbocycles. The molecular formula is C14H12N2O2. The van der Waals surface area contributed by atoms with Crippen molar-refractivity contribution in [1.82, 2.24) is 9.88 Å². The number of nitrogens with zero attached hydrogens (tertiary/aromatic N) is 1.